The fourth-order valence-electron chi connectivity index (χ4n) is 1.34. The lowest BCUT2D eigenvalue weighted by Gasteiger charge is -2.15. The van der Waals surface area contributed by atoms with Gasteiger partial charge in [0.15, 0.2) is 0 Å². The molecule has 4 heteroatoms. The predicted octanol–water partition coefficient (Wildman–Crippen LogP) is 2.49. The van der Waals surface area contributed by atoms with Crippen LogP contribution < -0.4 is 0 Å². The summed E-state index contributed by atoms with van der Waals surface area (Å²) in [6, 6.07) is 0. The second-order valence-corrected chi connectivity index (χ2v) is 5.80. The number of aliphatic hydroxyl groups is 3. The number of rotatable bonds is 9. The largest absolute Gasteiger partial charge is 0.394 e. The average Bonchev–Trinajstić information content (AvgIpc) is 2.31. The predicted molar refractivity (Wildman–Crippen MR) is 79.2 cm³/mol. The van der Waals surface area contributed by atoms with E-state index in [1.807, 2.05) is 13.8 Å². The van der Waals surface area contributed by atoms with Crippen molar-refractivity contribution in [2.24, 2.45) is 0 Å². The molecular weight excluding hydrogens is 244 g/mol. The van der Waals surface area contributed by atoms with E-state index in [0.717, 1.165) is 12.8 Å². The van der Waals surface area contributed by atoms with Gasteiger partial charge in [-0.05, 0) is 34.1 Å². The monoisotopic (exact) mass is 278 g/mol. The van der Waals surface area contributed by atoms with Gasteiger partial charge in [-0.1, -0.05) is 32.6 Å². The van der Waals surface area contributed by atoms with Crippen LogP contribution in [0.1, 0.15) is 66.7 Å². The molecule has 0 amide bonds. The maximum absolute atomic E-state index is 9.32. The van der Waals surface area contributed by atoms with Crippen LogP contribution >= 0.6 is 0 Å². The Hall–Kier alpha value is -0.160. The summed E-state index contributed by atoms with van der Waals surface area (Å²) in [6.07, 6.45) is 5.32. The van der Waals surface area contributed by atoms with Gasteiger partial charge in [0.2, 0.25) is 0 Å². The van der Waals surface area contributed by atoms with Crippen molar-refractivity contribution in [1.29, 1.82) is 0 Å². The summed E-state index contributed by atoms with van der Waals surface area (Å²) < 4.78 is 4.95. The molecule has 0 fully saturated rings. The van der Waals surface area contributed by atoms with Crippen molar-refractivity contribution in [2.75, 3.05) is 13.2 Å². The first kappa shape index (κ1) is 21.1. The number of aliphatic hydroxyl groups excluding tert-OH is 2. The van der Waals surface area contributed by atoms with Gasteiger partial charge in [0.05, 0.1) is 31.0 Å². The van der Waals surface area contributed by atoms with Crippen LogP contribution in [0.5, 0.6) is 0 Å². The standard InChI is InChI=1S/C9H20O.C6H14O3/c1-4-5-6-7-8-9(2,3)10;1-5(8)4-9-6(2)3-7/h10H,4-8H2,1-3H3;5-8H,3-4H2,1-2H3. The normalized spacial score (nSPS) is 14.5. The van der Waals surface area contributed by atoms with Crippen molar-refractivity contribution in [3.05, 3.63) is 0 Å². The summed E-state index contributed by atoms with van der Waals surface area (Å²) in [5, 5.41) is 26.4. The van der Waals surface area contributed by atoms with E-state index in [9.17, 15) is 5.11 Å². The second-order valence-electron chi connectivity index (χ2n) is 5.80. The van der Waals surface area contributed by atoms with Gasteiger partial charge in [0, 0.05) is 0 Å². The van der Waals surface area contributed by atoms with E-state index in [1.54, 1.807) is 13.8 Å². The maximum Gasteiger partial charge on any atom is 0.0779 e. The molecule has 0 bridgehead atoms. The molecule has 0 aliphatic heterocycles. The van der Waals surface area contributed by atoms with Crippen LogP contribution in [0.2, 0.25) is 0 Å². The Morgan fingerprint density at radius 1 is 1.11 bits per heavy atom. The zero-order chi connectivity index (χ0) is 15.3. The molecular formula is C15H34O4. The Morgan fingerprint density at radius 3 is 2.05 bits per heavy atom. The van der Waals surface area contributed by atoms with Gasteiger partial charge in [-0.2, -0.15) is 0 Å². The Labute approximate surface area is 118 Å². The molecule has 2 unspecified atom stereocenters. The minimum Gasteiger partial charge on any atom is -0.394 e. The van der Waals surface area contributed by atoms with Crippen LogP contribution in [0.4, 0.5) is 0 Å². The molecule has 0 aromatic carbocycles. The lowest BCUT2D eigenvalue weighted by atomic mass is 10.0. The summed E-state index contributed by atoms with van der Waals surface area (Å²) in [4.78, 5) is 0. The molecule has 0 saturated carbocycles. The first-order valence-electron chi connectivity index (χ1n) is 7.35. The lowest BCUT2D eigenvalue weighted by molar-refractivity contribution is -0.0177. The van der Waals surface area contributed by atoms with Gasteiger partial charge >= 0.3 is 0 Å². The third-order valence-corrected chi connectivity index (χ3v) is 2.52. The van der Waals surface area contributed by atoms with Crippen molar-refractivity contribution in [2.45, 2.75) is 84.5 Å². The summed E-state index contributed by atoms with van der Waals surface area (Å²) in [5.41, 5.74) is -0.451. The number of ether oxygens (including phenoxy) is 1. The Balaban J connectivity index is 0. The van der Waals surface area contributed by atoms with E-state index >= 15 is 0 Å². The van der Waals surface area contributed by atoms with Crippen LogP contribution in [0, 0.1) is 0 Å². The Morgan fingerprint density at radius 2 is 1.68 bits per heavy atom. The highest BCUT2D eigenvalue weighted by Crippen LogP contribution is 2.13. The molecule has 3 N–H and O–H groups in total. The first-order chi connectivity index (χ1) is 8.72. The number of unbranched alkanes of at least 4 members (excludes halogenated alkanes) is 3. The van der Waals surface area contributed by atoms with Crippen LogP contribution in [0.3, 0.4) is 0 Å². The van der Waals surface area contributed by atoms with E-state index < -0.39 is 11.7 Å². The highest BCUT2D eigenvalue weighted by molar-refractivity contribution is 4.63. The van der Waals surface area contributed by atoms with Gasteiger partial charge in [-0.15, -0.1) is 0 Å². The fourth-order valence-corrected chi connectivity index (χ4v) is 1.34. The Bertz CT molecular complexity index is 175. The number of hydrogen-bond donors (Lipinski definition) is 3. The zero-order valence-corrected chi connectivity index (χ0v) is 13.4. The average molecular weight is 278 g/mol. The smallest absolute Gasteiger partial charge is 0.0779 e. The van der Waals surface area contributed by atoms with Crippen LogP contribution in [0.25, 0.3) is 0 Å². The second kappa shape index (κ2) is 12.9. The SMILES string of the molecule is CC(O)COC(C)CO.CCCCCCC(C)(C)O. The minimum atomic E-state index is -0.451. The lowest BCUT2D eigenvalue weighted by Crippen LogP contribution is -2.19. The van der Waals surface area contributed by atoms with E-state index in [4.69, 9.17) is 14.9 Å². The molecule has 0 rings (SSSR count). The van der Waals surface area contributed by atoms with Gasteiger partial charge in [0.1, 0.15) is 0 Å². The van der Waals surface area contributed by atoms with Crippen molar-refractivity contribution in [1.82, 2.24) is 0 Å². The molecule has 4 nitrogen and oxygen atoms in total. The fraction of sp³-hybridized carbons (Fsp3) is 1.00. The van der Waals surface area contributed by atoms with Crippen LogP contribution in [-0.4, -0.2) is 46.3 Å². The van der Waals surface area contributed by atoms with E-state index in [0.29, 0.717) is 6.61 Å². The molecule has 0 aliphatic carbocycles. The molecule has 0 aliphatic rings. The zero-order valence-electron chi connectivity index (χ0n) is 13.4. The third kappa shape index (κ3) is 23.4. The molecule has 0 saturated heterocycles. The molecule has 0 aromatic heterocycles. The van der Waals surface area contributed by atoms with Gasteiger partial charge < -0.3 is 20.1 Å². The molecule has 0 radical (unpaired) electrons. The molecule has 19 heavy (non-hydrogen) atoms. The quantitative estimate of drug-likeness (QED) is 0.567. The van der Waals surface area contributed by atoms with E-state index in [1.165, 1.54) is 19.3 Å². The van der Waals surface area contributed by atoms with Gasteiger partial charge in [-0.3, -0.25) is 0 Å². The molecule has 2 atom stereocenters. The van der Waals surface area contributed by atoms with Crippen molar-refractivity contribution >= 4 is 0 Å². The van der Waals surface area contributed by atoms with Crippen molar-refractivity contribution in [3.8, 4) is 0 Å². The molecule has 0 heterocycles. The molecule has 0 aromatic rings. The highest BCUT2D eigenvalue weighted by atomic mass is 16.5. The highest BCUT2D eigenvalue weighted by Gasteiger charge is 2.10. The molecule has 118 valence electrons. The van der Waals surface area contributed by atoms with E-state index in [-0.39, 0.29) is 12.7 Å². The summed E-state index contributed by atoms with van der Waals surface area (Å²) >= 11 is 0. The first-order valence-corrected chi connectivity index (χ1v) is 7.35. The summed E-state index contributed by atoms with van der Waals surface area (Å²) in [5.74, 6) is 0. The van der Waals surface area contributed by atoms with Crippen molar-refractivity contribution in [3.63, 3.8) is 0 Å². The van der Waals surface area contributed by atoms with E-state index in [2.05, 4.69) is 6.92 Å². The topological polar surface area (TPSA) is 69.9 Å². The summed E-state index contributed by atoms with van der Waals surface area (Å²) in [7, 11) is 0. The van der Waals surface area contributed by atoms with Gasteiger partial charge in [-0.25, -0.2) is 0 Å². The van der Waals surface area contributed by atoms with Crippen molar-refractivity contribution < 1.29 is 20.1 Å². The van der Waals surface area contributed by atoms with Crippen LogP contribution in [0.15, 0.2) is 0 Å². The van der Waals surface area contributed by atoms with Gasteiger partial charge in [0.25, 0.3) is 0 Å². The maximum atomic E-state index is 9.32. The third-order valence-electron chi connectivity index (χ3n) is 2.52. The summed E-state index contributed by atoms with van der Waals surface area (Å²) in [6.45, 7) is 9.64. The number of hydrogen-bond acceptors (Lipinski definition) is 4. The van der Waals surface area contributed by atoms with Crippen LogP contribution in [-0.2, 0) is 4.74 Å². The molecule has 0 spiro atoms. The Kier molecular flexibility index (Phi) is 14.3. The minimum absolute atomic E-state index is 0.00667.